The van der Waals surface area contributed by atoms with Gasteiger partial charge < -0.3 is 5.32 Å². The molecule has 3 aromatic rings. The molecule has 0 bridgehead atoms. The van der Waals surface area contributed by atoms with E-state index in [2.05, 4.69) is 5.32 Å². The van der Waals surface area contributed by atoms with E-state index < -0.39 is 11.6 Å². The zero-order valence-corrected chi connectivity index (χ0v) is 16.8. The lowest BCUT2D eigenvalue weighted by molar-refractivity contribution is -0.116. The van der Waals surface area contributed by atoms with Crippen molar-refractivity contribution in [2.45, 2.75) is 32.9 Å². The van der Waals surface area contributed by atoms with Gasteiger partial charge in [0.25, 0.3) is 5.56 Å². The van der Waals surface area contributed by atoms with Crippen LogP contribution in [0, 0.1) is 0 Å². The molecule has 9 heteroatoms. The first kappa shape index (κ1) is 19.7. The first-order valence-corrected chi connectivity index (χ1v) is 10.0. The molecule has 1 amide bonds. The number of anilines is 1. The molecule has 142 valence electrons. The molecule has 0 aliphatic heterocycles. The topological polar surface area (TPSA) is 73.1 Å². The summed E-state index contributed by atoms with van der Waals surface area (Å²) in [6.45, 7) is 2.09. The fourth-order valence-corrected chi connectivity index (χ4v) is 4.14. The first-order chi connectivity index (χ1) is 12.9. The molecule has 6 nitrogen and oxygen atoms in total. The lowest BCUT2D eigenvalue weighted by Crippen LogP contribution is -2.41. The normalized spacial score (nSPS) is 11.1. The Balaban J connectivity index is 1.96. The van der Waals surface area contributed by atoms with Crippen molar-refractivity contribution >= 4 is 56.3 Å². The molecule has 0 saturated carbocycles. The predicted molar refractivity (Wildman–Crippen MR) is 110 cm³/mol. The number of amides is 1. The van der Waals surface area contributed by atoms with Crippen LogP contribution in [0.1, 0.15) is 19.8 Å². The van der Waals surface area contributed by atoms with Crippen molar-refractivity contribution in [2.24, 2.45) is 0 Å². The molecule has 0 aliphatic carbocycles. The number of carbonyl (C=O) groups is 1. The minimum Gasteiger partial charge on any atom is -0.324 e. The highest BCUT2D eigenvalue weighted by Crippen LogP contribution is 2.22. The quantitative estimate of drug-likeness (QED) is 0.648. The molecule has 0 fully saturated rings. The smallest absolute Gasteiger partial charge is 0.324 e. The van der Waals surface area contributed by atoms with E-state index in [-0.39, 0.29) is 12.1 Å². The number of hydrogen-bond acceptors (Lipinski definition) is 4. The van der Waals surface area contributed by atoms with Crippen LogP contribution in [0.2, 0.25) is 10.0 Å². The fraction of sp³-hybridized carbons (Fsp3) is 0.278. The fourth-order valence-electron chi connectivity index (χ4n) is 2.77. The van der Waals surface area contributed by atoms with Crippen LogP contribution in [-0.4, -0.2) is 15.0 Å². The Hall–Kier alpha value is -2.09. The molecule has 0 atom stereocenters. The third-order valence-corrected chi connectivity index (χ3v) is 5.35. The van der Waals surface area contributed by atoms with Gasteiger partial charge in [-0.3, -0.25) is 18.7 Å². The third kappa shape index (κ3) is 4.26. The van der Waals surface area contributed by atoms with Crippen LogP contribution in [0.25, 0.3) is 10.2 Å². The Morgan fingerprint density at radius 3 is 2.52 bits per heavy atom. The van der Waals surface area contributed by atoms with Crippen LogP contribution < -0.4 is 16.6 Å². The molecule has 0 aliphatic rings. The van der Waals surface area contributed by atoms with Crippen molar-refractivity contribution < 1.29 is 4.79 Å². The summed E-state index contributed by atoms with van der Waals surface area (Å²) in [7, 11) is 0. The second-order valence-electron chi connectivity index (χ2n) is 6.02. The van der Waals surface area contributed by atoms with Gasteiger partial charge in [-0.25, -0.2) is 4.79 Å². The average Bonchev–Trinajstić information content (AvgIpc) is 3.07. The molecule has 2 heterocycles. The zero-order chi connectivity index (χ0) is 19.6. The first-order valence-electron chi connectivity index (χ1n) is 8.37. The maximum Gasteiger partial charge on any atom is 0.332 e. The van der Waals surface area contributed by atoms with Crippen LogP contribution >= 0.6 is 34.5 Å². The van der Waals surface area contributed by atoms with E-state index in [1.165, 1.54) is 20.5 Å². The van der Waals surface area contributed by atoms with Crippen molar-refractivity contribution in [2.75, 3.05) is 5.32 Å². The van der Waals surface area contributed by atoms with Crippen LogP contribution in [0.3, 0.4) is 0 Å². The second kappa shape index (κ2) is 8.29. The molecule has 2 aromatic heterocycles. The summed E-state index contributed by atoms with van der Waals surface area (Å²) in [6, 6.07) is 6.37. The molecule has 1 N–H and O–H groups in total. The number of unbranched alkanes of at least 4 members (excludes halogenated alkanes) is 1. The van der Waals surface area contributed by atoms with Gasteiger partial charge in [-0.1, -0.05) is 36.5 Å². The van der Waals surface area contributed by atoms with Crippen molar-refractivity contribution in [1.82, 2.24) is 9.13 Å². The number of aromatic nitrogens is 2. The maximum absolute atomic E-state index is 12.8. The summed E-state index contributed by atoms with van der Waals surface area (Å²) in [6.07, 6.45) is 1.56. The van der Waals surface area contributed by atoms with Crippen molar-refractivity contribution in [3.63, 3.8) is 0 Å². The Morgan fingerprint density at radius 1 is 1.15 bits per heavy atom. The van der Waals surface area contributed by atoms with E-state index in [4.69, 9.17) is 23.2 Å². The summed E-state index contributed by atoms with van der Waals surface area (Å²) in [5.74, 6) is -0.413. The summed E-state index contributed by atoms with van der Waals surface area (Å²) in [5.41, 5.74) is 0.101. The van der Waals surface area contributed by atoms with Crippen molar-refractivity contribution in [3.05, 3.63) is 60.5 Å². The van der Waals surface area contributed by atoms with Gasteiger partial charge in [0.15, 0.2) is 0 Å². The van der Waals surface area contributed by atoms with Gasteiger partial charge in [-0.2, -0.15) is 0 Å². The second-order valence-corrected chi connectivity index (χ2v) is 7.81. The summed E-state index contributed by atoms with van der Waals surface area (Å²) < 4.78 is 2.99. The van der Waals surface area contributed by atoms with Gasteiger partial charge >= 0.3 is 5.69 Å². The van der Waals surface area contributed by atoms with Crippen LogP contribution in [0.5, 0.6) is 0 Å². The molecular formula is C18H17Cl2N3O3S. The van der Waals surface area contributed by atoms with E-state index in [1.807, 2.05) is 6.92 Å². The summed E-state index contributed by atoms with van der Waals surface area (Å²) >= 11 is 13.1. The molecule has 3 rings (SSSR count). The number of thiophene rings is 1. The summed E-state index contributed by atoms with van der Waals surface area (Å²) in [5, 5.41) is 5.20. The Labute approximate surface area is 169 Å². The lowest BCUT2D eigenvalue weighted by atomic mass is 10.3. The molecule has 0 unspecified atom stereocenters. The average molecular weight is 426 g/mol. The van der Waals surface area contributed by atoms with Gasteiger partial charge in [0, 0.05) is 22.3 Å². The highest BCUT2D eigenvalue weighted by molar-refractivity contribution is 7.17. The monoisotopic (exact) mass is 425 g/mol. The summed E-state index contributed by atoms with van der Waals surface area (Å²) in [4.78, 5) is 37.9. The number of benzene rings is 1. The minimum absolute atomic E-state index is 0.220. The predicted octanol–water partition coefficient (Wildman–Crippen LogP) is 3.97. The number of rotatable bonds is 6. The Bertz CT molecular complexity index is 1100. The molecular weight excluding hydrogens is 409 g/mol. The number of fused-ring (bicyclic) bond motifs is 1. The van der Waals surface area contributed by atoms with Crippen molar-refractivity contribution in [3.8, 4) is 0 Å². The molecule has 0 radical (unpaired) electrons. The van der Waals surface area contributed by atoms with E-state index in [0.717, 1.165) is 6.42 Å². The third-order valence-electron chi connectivity index (χ3n) is 4.02. The van der Waals surface area contributed by atoms with Crippen molar-refractivity contribution in [1.29, 1.82) is 0 Å². The number of halogens is 2. The van der Waals surface area contributed by atoms with E-state index in [1.54, 1.807) is 29.6 Å². The van der Waals surface area contributed by atoms with Gasteiger partial charge in [-0.15, -0.1) is 11.3 Å². The van der Waals surface area contributed by atoms with Gasteiger partial charge in [0.1, 0.15) is 11.2 Å². The van der Waals surface area contributed by atoms with E-state index >= 15 is 0 Å². The number of carbonyl (C=O) groups excluding carboxylic acids is 1. The van der Waals surface area contributed by atoms with Gasteiger partial charge in [0.2, 0.25) is 5.91 Å². The van der Waals surface area contributed by atoms with Crippen LogP contribution in [-0.2, 0) is 17.9 Å². The van der Waals surface area contributed by atoms with E-state index in [0.29, 0.717) is 38.9 Å². The van der Waals surface area contributed by atoms with Crippen LogP contribution in [0.4, 0.5) is 5.69 Å². The molecule has 0 saturated heterocycles. The number of nitrogens with zero attached hydrogens (tertiary/aromatic N) is 2. The van der Waals surface area contributed by atoms with Gasteiger partial charge in [-0.05, 0) is 36.1 Å². The SMILES string of the molecule is CCCCn1c(=O)c2sccc2n(CC(=O)Nc2cc(Cl)cc(Cl)c2)c1=O. The lowest BCUT2D eigenvalue weighted by Gasteiger charge is -2.12. The maximum atomic E-state index is 12.8. The highest BCUT2D eigenvalue weighted by Gasteiger charge is 2.16. The molecule has 1 aromatic carbocycles. The van der Waals surface area contributed by atoms with Crippen LogP contribution in [0.15, 0.2) is 39.2 Å². The Morgan fingerprint density at radius 2 is 1.85 bits per heavy atom. The molecule has 0 spiro atoms. The standard InChI is InChI=1S/C18H17Cl2N3O3S/c1-2-3-5-22-17(25)16-14(4-6-27-16)23(18(22)26)10-15(24)21-13-8-11(19)7-12(20)9-13/h4,6-9H,2-3,5,10H2,1H3,(H,21,24). The number of nitrogens with one attached hydrogen (secondary N) is 1. The largest absolute Gasteiger partial charge is 0.332 e. The molecule has 27 heavy (non-hydrogen) atoms. The highest BCUT2D eigenvalue weighted by atomic mass is 35.5. The van der Waals surface area contributed by atoms with E-state index in [9.17, 15) is 14.4 Å². The number of hydrogen-bond donors (Lipinski definition) is 1. The zero-order valence-electron chi connectivity index (χ0n) is 14.5. The Kier molecular flexibility index (Phi) is 6.04. The minimum atomic E-state index is -0.487. The van der Waals surface area contributed by atoms with Gasteiger partial charge in [0.05, 0.1) is 5.52 Å².